The second kappa shape index (κ2) is 8.20. The second-order valence-electron chi connectivity index (χ2n) is 8.58. The van der Waals surface area contributed by atoms with Crippen LogP contribution in [0.2, 0.25) is 0 Å². The molecule has 162 valence electrons. The first kappa shape index (κ1) is 20.3. The minimum Gasteiger partial charge on any atom is -0.309 e. The van der Waals surface area contributed by atoms with Crippen LogP contribution < -0.4 is 0 Å². The van der Waals surface area contributed by atoms with Gasteiger partial charge >= 0.3 is 0 Å². The largest absolute Gasteiger partial charge is 0.309 e. The number of aromatic nitrogens is 1. The maximum absolute atomic E-state index is 4.09. The number of hydrogen-bond acceptors (Lipinski definition) is 0. The summed E-state index contributed by atoms with van der Waals surface area (Å²) in [4.78, 5) is 0. The number of fused-ring (bicyclic) bond motifs is 5. The van der Waals surface area contributed by atoms with E-state index in [1.165, 1.54) is 49.3 Å². The van der Waals surface area contributed by atoms with Gasteiger partial charge in [0.15, 0.2) is 0 Å². The van der Waals surface area contributed by atoms with Gasteiger partial charge < -0.3 is 4.57 Å². The van der Waals surface area contributed by atoms with Gasteiger partial charge in [0.05, 0.1) is 11.0 Å². The normalized spacial score (nSPS) is 12.0. The molecule has 1 heterocycles. The van der Waals surface area contributed by atoms with Crippen LogP contribution in [0.5, 0.6) is 0 Å². The van der Waals surface area contributed by atoms with Crippen molar-refractivity contribution in [2.24, 2.45) is 0 Å². The van der Waals surface area contributed by atoms with Crippen molar-refractivity contribution >= 4 is 38.2 Å². The van der Waals surface area contributed by atoms with E-state index in [4.69, 9.17) is 0 Å². The number of rotatable bonds is 4. The fourth-order valence-electron chi connectivity index (χ4n) is 5.17. The summed E-state index contributed by atoms with van der Waals surface area (Å²) >= 11 is 0. The van der Waals surface area contributed by atoms with E-state index in [-0.39, 0.29) is 0 Å². The van der Waals surface area contributed by atoms with Crippen molar-refractivity contribution in [1.82, 2.24) is 4.57 Å². The number of para-hydroxylation sites is 1. The fraction of sp³-hybridized carbons (Fsp3) is 0.0303. The van der Waals surface area contributed by atoms with Crippen LogP contribution >= 0.6 is 0 Å². The maximum atomic E-state index is 4.09. The Labute approximate surface area is 199 Å². The molecule has 0 atom stereocenters. The van der Waals surface area contributed by atoms with E-state index in [1.807, 2.05) is 6.08 Å². The molecule has 0 N–H and O–H groups in total. The molecule has 0 spiro atoms. The summed E-state index contributed by atoms with van der Waals surface area (Å²) in [6.45, 7) is 6.17. The molecule has 0 saturated heterocycles. The van der Waals surface area contributed by atoms with Crippen molar-refractivity contribution in [3.63, 3.8) is 0 Å². The molecule has 5 aromatic carbocycles. The maximum Gasteiger partial charge on any atom is 0.0553 e. The minimum absolute atomic E-state index is 1.15. The van der Waals surface area contributed by atoms with Gasteiger partial charge in [0.25, 0.3) is 0 Å². The van der Waals surface area contributed by atoms with Gasteiger partial charge in [0, 0.05) is 16.5 Å². The molecule has 0 amide bonds. The van der Waals surface area contributed by atoms with Crippen LogP contribution in [0.1, 0.15) is 12.5 Å². The molecule has 0 unspecified atom stereocenters. The van der Waals surface area contributed by atoms with E-state index in [1.54, 1.807) is 0 Å². The first-order valence-electron chi connectivity index (χ1n) is 11.7. The van der Waals surface area contributed by atoms with Crippen LogP contribution in [0.3, 0.4) is 0 Å². The van der Waals surface area contributed by atoms with Gasteiger partial charge in [-0.05, 0) is 64.2 Å². The Morgan fingerprint density at radius 3 is 2.03 bits per heavy atom. The Balaban J connectivity index is 1.82. The van der Waals surface area contributed by atoms with Gasteiger partial charge in [-0.3, -0.25) is 0 Å². The third-order valence-corrected chi connectivity index (χ3v) is 6.74. The summed E-state index contributed by atoms with van der Waals surface area (Å²) in [6, 6.07) is 39.2. The summed E-state index contributed by atoms with van der Waals surface area (Å²) in [5, 5.41) is 5.07. The number of nitrogens with zero attached hydrogens (tertiary/aromatic N) is 1. The third kappa shape index (κ3) is 3.09. The van der Waals surface area contributed by atoms with E-state index in [9.17, 15) is 0 Å². The van der Waals surface area contributed by atoms with Gasteiger partial charge in [-0.1, -0.05) is 104 Å². The number of allylic oxidation sites excluding steroid dienone is 3. The van der Waals surface area contributed by atoms with Gasteiger partial charge in [-0.15, -0.1) is 0 Å². The van der Waals surface area contributed by atoms with Crippen molar-refractivity contribution in [3.05, 3.63) is 133 Å². The first-order chi connectivity index (χ1) is 16.8. The Bertz CT molecular complexity index is 1700. The zero-order chi connectivity index (χ0) is 23.1. The quantitative estimate of drug-likeness (QED) is 0.243. The predicted molar refractivity (Wildman–Crippen MR) is 148 cm³/mol. The third-order valence-electron chi connectivity index (χ3n) is 6.74. The summed E-state index contributed by atoms with van der Waals surface area (Å²) < 4.78 is 2.41. The molecule has 0 radical (unpaired) electrons. The average molecular weight is 436 g/mol. The lowest BCUT2D eigenvalue weighted by atomic mass is 9.94. The Morgan fingerprint density at radius 1 is 0.647 bits per heavy atom. The van der Waals surface area contributed by atoms with Gasteiger partial charge in [0.1, 0.15) is 0 Å². The SMILES string of the molecule is C=C/C(=C\C)c1cc2c(c3ccccc13)c1ccc(-c3ccccc3)cc1n2-c1ccccc1. The zero-order valence-corrected chi connectivity index (χ0v) is 19.2. The molecule has 0 saturated carbocycles. The minimum atomic E-state index is 1.15. The first-order valence-corrected chi connectivity index (χ1v) is 11.7. The van der Waals surface area contributed by atoms with Crippen LogP contribution in [0.25, 0.3) is 55.0 Å². The van der Waals surface area contributed by atoms with Crippen LogP contribution in [-0.4, -0.2) is 4.57 Å². The highest BCUT2D eigenvalue weighted by Gasteiger charge is 2.18. The summed E-state index contributed by atoms with van der Waals surface area (Å²) in [6.07, 6.45) is 4.10. The Kier molecular flexibility index (Phi) is 4.89. The predicted octanol–water partition coefficient (Wildman–Crippen LogP) is 9.19. The summed E-state index contributed by atoms with van der Waals surface area (Å²) in [5.41, 5.74) is 8.39. The molecule has 0 aliphatic rings. The molecule has 6 rings (SSSR count). The lowest BCUT2D eigenvalue weighted by Gasteiger charge is -2.12. The molecule has 0 aliphatic heterocycles. The smallest absolute Gasteiger partial charge is 0.0553 e. The van der Waals surface area contributed by atoms with E-state index >= 15 is 0 Å². The molecule has 0 bridgehead atoms. The topological polar surface area (TPSA) is 4.93 Å². The standard InChI is InChI=1S/C33H25N/c1-3-23(4-2)30-22-32-33(28-18-12-11-17-27(28)30)29-20-19-25(24-13-7-5-8-14-24)21-31(29)34(32)26-15-9-6-10-16-26/h3-22H,1H2,2H3/b23-4+. The monoisotopic (exact) mass is 435 g/mol. The van der Waals surface area contributed by atoms with Crippen LogP contribution in [0.15, 0.2) is 128 Å². The molecule has 0 fully saturated rings. The van der Waals surface area contributed by atoms with Crippen molar-refractivity contribution in [1.29, 1.82) is 0 Å². The lowest BCUT2D eigenvalue weighted by Crippen LogP contribution is -1.95. The highest BCUT2D eigenvalue weighted by atomic mass is 15.0. The van der Waals surface area contributed by atoms with E-state index in [0.717, 1.165) is 11.3 Å². The molecule has 1 heteroatoms. The Hall–Kier alpha value is -4.36. The second-order valence-corrected chi connectivity index (χ2v) is 8.58. The lowest BCUT2D eigenvalue weighted by molar-refractivity contribution is 1.18. The van der Waals surface area contributed by atoms with Crippen molar-refractivity contribution in [3.8, 4) is 16.8 Å². The average Bonchev–Trinajstić information content (AvgIpc) is 3.24. The molecular weight excluding hydrogens is 410 g/mol. The highest BCUT2D eigenvalue weighted by molar-refractivity contribution is 6.23. The van der Waals surface area contributed by atoms with Gasteiger partial charge in [0.2, 0.25) is 0 Å². The van der Waals surface area contributed by atoms with Crippen LogP contribution in [0, 0.1) is 0 Å². The zero-order valence-electron chi connectivity index (χ0n) is 19.2. The Morgan fingerprint density at radius 2 is 1.32 bits per heavy atom. The van der Waals surface area contributed by atoms with Crippen LogP contribution in [-0.2, 0) is 0 Å². The summed E-state index contributed by atoms with van der Waals surface area (Å²) in [7, 11) is 0. The molecule has 0 aliphatic carbocycles. The van der Waals surface area contributed by atoms with Crippen molar-refractivity contribution in [2.45, 2.75) is 6.92 Å². The molecule has 1 nitrogen and oxygen atoms in total. The molecule has 1 aromatic heterocycles. The number of benzene rings is 5. The fourth-order valence-corrected chi connectivity index (χ4v) is 5.17. The van der Waals surface area contributed by atoms with Crippen molar-refractivity contribution in [2.75, 3.05) is 0 Å². The number of hydrogen-bond donors (Lipinski definition) is 0. The molecule has 34 heavy (non-hydrogen) atoms. The van der Waals surface area contributed by atoms with Crippen molar-refractivity contribution < 1.29 is 0 Å². The molecule has 6 aromatic rings. The highest BCUT2D eigenvalue weighted by Crippen LogP contribution is 2.41. The molecular formula is C33H25N. The van der Waals surface area contributed by atoms with E-state index in [2.05, 4.69) is 133 Å². The van der Waals surface area contributed by atoms with E-state index in [0.29, 0.717) is 0 Å². The summed E-state index contributed by atoms with van der Waals surface area (Å²) in [5.74, 6) is 0. The van der Waals surface area contributed by atoms with E-state index < -0.39 is 0 Å². The van der Waals surface area contributed by atoms with Gasteiger partial charge in [-0.2, -0.15) is 0 Å². The van der Waals surface area contributed by atoms with Crippen LogP contribution in [0.4, 0.5) is 0 Å². The van der Waals surface area contributed by atoms with Gasteiger partial charge in [-0.25, -0.2) is 0 Å².